The molecule has 43 heavy (non-hydrogen) atoms. The van der Waals surface area contributed by atoms with Crippen molar-refractivity contribution in [1.29, 1.82) is 0 Å². The van der Waals surface area contributed by atoms with Gasteiger partial charge in [0.1, 0.15) is 5.75 Å². The van der Waals surface area contributed by atoms with Gasteiger partial charge >= 0.3 is 0 Å². The predicted octanol–water partition coefficient (Wildman–Crippen LogP) is 6.22. The number of anilines is 2. The van der Waals surface area contributed by atoms with Gasteiger partial charge in [0, 0.05) is 41.8 Å². The predicted molar refractivity (Wildman–Crippen MR) is 171 cm³/mol. The van der Waals surface area contributed by atoms with E-state index >= 15 is 0 Å². The summed E-state index contributed by atoms with van der Waals surface area (Å²) in [5.41, 5.74) is 12.3. The highest BCUT2D eigenvalue weighted by molar-refractivity contribution is 6.01. The molecule has 0 bridgehead atoms. The first-order valence-electron chi connectivity index (χ1n) is 14.6. The third-order valence-corrected chi connectivity index (χ3v) is 7.68. The summed E-state index contributed by atoms with van der Waals surface area (Å²) in [6.45, 7) is 7.11. The maximum atomic E-state index is 12.5. The van der Waals surface area contributed by atoms with Crippen LogP contribution >= 0.6 is 0 Å². The van der Waals surface area contributed by atoms with Crippen LogP contribution in [-0.2, 0) is 4.74 Å². The number of para-hydroxylation sites is 1. The van der Waals surface area contributed by atoms with Crippen molar-refractivity contribution in [2.75, 3.05) is 44.8 Å². The second-order valence-corrected chi connectivity index (χ2v) is 10.7. The van der Waals surface area contributed by atoms with Gasteiger partial charge in [0.15, 0.2) is 0 Å². The lowest BCUT2D eigenvalue weighted by molar-refractivity contribution is 0.0358. The van der Waals surface area contributed by atoms with E-state index in [9.17, 15) is 4.79 Å². The van der Waals surface area contributed by atoms with Gasteiger partial charge in [-0.05, 0) is 66.4 Å². The van der Waals surface area contributed by atoms with Gasteiger partial charge < -0.3 is 20.5 Å². The second kappa shape index (κ2) is 13.0. The molecule has 0 radical (unpaired) electrons. The van der Waals surface area contributed by atoms with Crippen molar-refractivity contribution in [3.05, 3.63) is 102 Å². The Morgan fingerprint density at radius 3 is 2.53 bits per heavy atom. The van der Waals surface area contributed by atoms with E-state index in [0.29, 0.717) is 18.1 Å². The number of morpholine rings is 1. The zero-order valence-electron chi connectivity index (χ0n) is 24.3. The van der Waals surface area contributed by atoms with E-state index in [0.717, 1.165) is 89.6 Å². The van der Waals surface area contributed by atoms with Crippen LogP contribution in [0.2, 0.25) is 0 Å². The minimum atomic E-state index is -0.494. The Kier molecular flexibility index (Phi) is 8.58. The summed E-state index contributed by atoms with van der Waals surface area (Å²) in [7, 11) is 0. The van der Waals surface area contributed by atoms with Gasteiger partial charge in [0.2, 0.25) is 11.9 Å². The Bertz CT molecular complexity index is 1740. The average molecular weight is 574 g/mol. The third-order valence-electron chi connectivity index (χ3n) is 7.68. The maximum Gasteiger partial charge on any atom is 0.249 e. The molecule has 8 heteroatoms. The van der Waals surface area contributed by atoms with Crippen molar-refractivity contribution < 1.29 is 14.3 Å². The first kappa shape index (κ1) is 28.3. The Hall–Kier alpha value is -4.79. The summed E-state index contributed by atoms with van der Waals surface area (Å²) < 4.78 is 11.6. The number of carbonyl (C=O) groups is 1. The summed E-state index contributed by atoms with van der Waals surface area (Å²) >= 11 is 0. The Morgan fingerprint density at radius 1 is 0.930 bits per heavy atom. The highest BCUT2D eigenvalue weighted by atomic mass is 16.5. The molecule has 0 saturated carbocycles. The van der Waals surface area contributed by atoms with E-state index in [2.05, 4.69) is 10.2 Å². The first-order valence-corrected chi connectivity index (χ1v) is 14.6. The van der Waals surface area contributed by atoms with Crippen LogP contribution in [-0.4, -0.2) is 60.2 Å². The van der Waals surface area contributed by atoms with Crippen LogP contribution in [0.1, 0.15) is 22.3 Å². The molecule has 8 nitrogen and oxygen atoms in total. The normalized spacial score (nSPS) is 13.6. The van der Waals surface area contributed by atoms with Crippen LogP contribution in [0.4, 0.5) is 11.6 Å². The number of nitrogens with zero attached hydrogens (tertiary/aromatic N) is 3. The van der Waals surface area contributed by atoms with Crippen LogP contribution in [0.25, 0.3) is 33.3 Å². The topological polar surface area (TPSA) is 103 Å². The molecule has 1 fully saturated rings. The van der Waals surface area contributed by atoms with E-state index in [4.69, 9.17) is 25.2 Å². The number of hydrogen-bond donors (Lipinski definition) is 2. The molecule has 4 aromatic carbocycles. The van der Waals surface area contributed by atoms with Crippen LogP contribution < -0.4 is 15.8 Å². The molecule has 6 rings (SSSR count). The molecule has 0 unspecified atom stereocenters. The van der Waals surface area contributed by atoms with Gasteiger partial charge in [0.25, 0.3) is 0 Å². The number of primary amides is 1. The van der Waals surface area contributed by atoms with Gasteiger partial charge in [-0.3, -0.25) is 9.69 Å². The molecule has 0 spiro atoms. The van der Waals surface area contributed by atoms with Crippen molar-refractivity contribution in [3.63, 3.8) is 0 Å². The Balaban J connectivity index is 1.28. The van der Waals surface area contributed by atoms with E-state index in [1.807, 2.05) is 91.9 Å². The number of nitrogens with two attached hydrogens (primary N) is 1. The molecule has 218 valence electrons. The summed E-state index contributed by atoms with van der Waals surface area (Å²) in [4.78, 5) is 24.6. The van der Waals surface area contributed by atoms with E-state index in [1.54, 1.807) is 6.07 Å². The summed E-state index contributed by atoms with van der Waals surface area (Å²) in [5.74, 6) is 0.720. The fourth-order valence-electron chi connectivity index (χ4n) is 5.42. The van der Waals surface area contributed by atoms with E-state index < -0.39 is 5.91 Å². The number of aromatic nitrogens is 2. The fourth-order valence-corrected chi connectivity index (χ4v) is 5.42. The lowest BCUT2D eigenvalue weighted by Crippen LogP contribution is -2.37. The molecule has 3 N–H and O–H groups in total. The van der Waals surface area contributed by atoms with Crippen molar-refractivity contribution >= 4 is 28.4 Å². The first-order chi connectivity index (χ1) is 21.0. The lowest BCUT2D eigenvalue weighted by atomic mass is 9.94. The fraction of sp³-hybridized carbons (Fsp3) is 0.229. The van der Waals surface area contributed by atoms with Gasteiger partial charge in [-0.1, -0.05) is 54.6 Å². The number of aryl methyl sites for hydroxylation is 1. The number of carbonyl (C=O) groups excluding carboxylic acids is 1. The quantitative estimate of drug-likeness (QED) is 0.191. The van der Waals surface area contributed by atoms with E-state index in [-0.39, 0.29) is 0 Å². The van der Waals surface area contributed by atoms with Crippen LogP contribution in [0, 0.1) is 6.92 Å². The molecular weight excluding hydrogens is 538 g/mol. The van der Waals surface area contributed by atoms with Crippen LogP contribution in [0.3, 0.4) is 0 Å². The summed E-state index contributed by atoms with van der Waals surface area (Å²) in [6, 6.07) is 29.5. The second-order valence-electron chi connectivity index (χ2n) is 10.7. The van der Waals surface area contributed by atoms with Gasteiger partial charge in [-0.25, -0.2) is 9.97 Å². The zero-order chi connectivity index (χ0) is 29.6. The molecule has 2 heterocycles. The SMILES string of the molecule is Cc1ccc(OCCCN2CCOCC2)cc1-c1cc(Nc2nc(-c3ccccc3)c3ccccc3n2)ccc1C(N)=O. The number of ether oxygens (including phenoxy) is 2. The molecule has 1 saturated heterocycles. The molecule has 5 aromatic rings. The number of benzene rings is 4. The zero-order valence-corrected chi connectivity index (χ0v) is 24.3. The molecule has 1 aliphatic heterocycles. The molecule has 0 atom stereocenters. The highest BCUT2D eigenvalue weighted by Gasteiger charge is 2.16. The maximum absolute atomic E-state index is 12.5. The lowest BCUT2D eigenvalue weighted by Gasteiger charge is -2.26. The van der Waals surface area contributed by atoms with Crippen LogP contribution in [0.15, 0.2) is 91.0 Å². The Morgan fingerprint density at radius 2 is 1.72 bits per heavy atom. The van der Waals surface area contributed by atoms with Gasteiger partial charge in [-0.2, -0.15) is 0 Å². The molecule has 1 amide bonds. The Labute approximate surface area is 251 Å². The largest absolute Gasteiger partial charge is 0.494 e. The molecule has 0 aliphatic carbocycles. The summed E-state index contributed by atoms with van der Waals surface area (Å²) in [5, 5.41) is 4.34. The van der Waals surface area contributed by atoms with E-state index in [1.165, 1.54) is 0 Å². The smallest absolute Gasteiger partial charge is 0.249 e. The highest BCUT2D eigenvalue weighted by Crippen LogP contribution is 2.34. The molecule has 1 aromatic heterocycles. The minimum Gasteiger partial charge on any atom is -0.494 e. The van der Waals surface area contributed by atoms with Crippen molar-refractivity contribution in [3.8, 4) is 28.1 Å². The van der Waals surface area contributed by atoms with Gasteiger partial charge in [0.05, 0.1) is 31.0 Å². The number of fused-ring (bicyclic) bond motifs is 1. The van der Waals surface area contributed by atoms with Crippen molar-refractivity contribution in [1.82, 2.24) is 14.9 Å². The van der Waals surface area contributed by atoms with Crippen LogP contribution in [0.5, 0.6) is 5.75 Å². The van der Waals surface area contributed by atoms with Gasteiger partial charge in [-0.15, -0.1) is 0 Å². The number of rotatable bonds is 10. The standard InChI is InChI=1S/C35H35N5O3/c1-24-12-14-27(43-19-7-16-40-17-20-42-21-18-40)23-30(24)31-22-26(13-15-28(31)34(36)41)37-35-38-32-11-6-5-10-29(32)33(39-35)25-8-3-2-4-9-25/h2-6,8-15,22-23H,7,16-21H2,1H3,(H2,36,41)(H,37,38,39). The monoisotopic (exact) mass is 573 g/mol. The average Bonchev–Trinajstić information content (AvgIpc) is 3.04. The number of amides is 1. The summed E-state index contributed by atoms with van der Waals surface area (Å²) in [6.07, 6.45) is 0.922. The van der Waals surface area contributed by atoms with Crippen molar-refractivity contribution in [2.24, 2.45) is 5.73 Å². The third kappa shape index (κ3) is 6.66. The number of hydrogen-bond acceptors (Lipinski definition) is 7. The minimum absolute atomic E-state index is 0.433. The van der Waals surface area contributed by atoms with Crippen molar-refractivity contribution in [2.45, 2.75) is 13.3 Å². The number of nitrogens with one attached hydrogen (secondary N) is 1. The molecule has 1 aliphatic rings. The molecular formula is C35H35N5O3.